The molecule has 0 saturated carbocycles. The second-order valence-electron chi connectivity index (χ2n) is 4.27. The van der Waals surface area contributed by atoms with Gasteiger partial charge in [-0.15, -0.1) is 27.8 Å². The first kappa shape index (κ1) is 12.0. The second kappa shape index (κ2) is 4.37. The van der Waals surface area contributed by atoms with Gasteiger partial charge in [-0.25, -0.2) is 5.10 Å². The first-order valence-electron chi connectivity index (χ1n) is 5.85. The molecule has 4 heterocycles. The number of nitrogens with zero attached hydrogens (tertiary/aromatic N) is 3. The average molecular weight is 320 g/mol. The van der Waals surface area contributed by atoms with Crippen molar-refractivity contribution in [1.82, 2.24) is 19.2 Å². The summed E-state index contributed by atoms with van der Waals surface area (Å²) in [6, 6.07) is 5.88. The Morgan fingerprint density at radius 3 is 3.00 bits per heavy atom. The molecular formula is C12H8N4OS3. The fraction of sp³-hybridized carbons (Fsp3) is 0.0833. The molecule has 0 bridgehead atoms. The molecule has 5 nitrogen and oxygen atoms in total. The van der Waals surface area contributed by atoms with E-state index in [-0.39, 0.29) is 5.56 Å². The molecule has 0 aliphatic carbocycles. The van der Waals surface area contributed by atoms with Gasteiger partial charge in [-0.3, -0.25) is 13.8 Å². The molecule has 0 atom stereocenters. The van der Waals surface area contributed by atoms with Crippen molar-refractivity contribution < 1.29 is 0 Å². The molecule has 0 spiro atoms. The highest BCUT2D eigenvalue weighted by Crippen LogP contribution is 2.19. The third-order valence-electron chi connectivity index (χ3n) is 3.11. The van der Waals surface area contributed by atoms with Gasteiger partial charge < -0.3 is 0 Å². The molecule has 0 amide bonds. The summed E-state index contributed by atoms with van der Waals surface area (Å²) in [4.78, 5) is 13.7. The van der Waals surface area contributed by atoms with E-state index in [1.54, 1.807) is 15.9 Å². The summed E-state index contributed by atoms with van der Waals surface area (Å²) >= 11 is 8.32. The molecule has 8 heteroatoms. The number of aromatic nitrogens is 4. The molecule has 100 valence electrons. The van der Waals surface area contributed by atoms with E-state index >= 15 is 0 Å². The lowest BCUT2D eigenvalue weighted by molar-refractivity contribution is 0.778. The molecule has 0 aliphatic heterocycles. The zero-order chi connectivity index (χ0) is 13.7. The van der Waals surface area contributed by atoms with Gasteiger partial charge in [-0.1, -0.05) is 6.07 Å². The van der Waals surface area contributed by atoms with E-state index in [2.05, 4.69) is 10.2 Å². The highest BCUT2D eigenvalue weighted by Gasteiger charge is 2.14. The van der Waals surface area contributed by atoms with E-state index in [0.717, 1.165) is 10.4 Å². The van der Waals surface area contributed by atoms with E-state index in [1.165, 1.54) is 11.3 Å². The van der Waals surface area contributed by atoms with Crippen LogP contribution in [0.1, 0.15) is 4.88 Å². The van der Waals surface area contributed by atoms with Crippen molar-refractivity contribution in [3.63, 3.8) is 0 Å². The standard InChI is InChI=1S/C12H8N4OS3/c17-10-9-8(3-5-20-9)16-11(13-14-12(16)18)15(10)6-7-2-1-4-19-7/h1-5H,6H2,(H,14,18). The van der Waals surface area contributed by atoms with E-state index in [0.29, 0.717) is 21.8 Å². The number of hydrogen-bond acceptors (Lipinski definition) is 5. The van der Waals surface area contributed by atoms with Crippen molar-refractivity contribution in [2.45, 2.75) is 6.54 Å². The second-order valence-corrected chi connectivity index (χ2v) is 6.60. The maximum Gasteiger partial charge on any atom is 0.273 e. The highest BCUT2D eigenvalue weighted by molar-refractivity contribution is 7.71. The number of H-pyrrole nitrogens is 1. The number of nitrogens with one attached hydrogen (secondary N) is 1. The zero-order valence-corrected chi connectivity index (χ0v) is 12.5. The summed E-state index contributed by atoms with van der Waals surface area (Å²) in [5.74, 6) is 0.555. The smallest absolute Gasteiger partial charge is 0.270 e. The van der Waals surface area contributed by atoms with Crippen LogP contribution in [0.3, 0.4) is 0 Å². The lowest BCUT2D eigenvalue weighted by Gasteiger charge is -2.06. The number of rotatable bonds is 2. The fourth-order valence-electron chi connectivity index (χ4n) is 2.24. The van der Waals surface area contributed by atoms with Gasteiger partial charge in [0, 0.05) is 4.88 Å². The molecular weight excluding hydrogens is 312 g/mol. The van der Waals surface area contributed by atoms with Gasteiger partial charge >= 0.3 is 0 Å². The van der Waals surface area contributed by atoms with Crippen molar-refractivity contribution in [1.29, 1.82) is 0 Å². The van der Waals surface area contributed by atoms with Gasteiger partial charge in [0.2, 0.25) is 10.5 Å². The van der Waals surface area contributed by atoms with Crippen LogP contribution in [0.2, 0.25) is 0 Å². The predicted octanol–water partition coefficient (Wildman–Crippen LogP) is 2.88. The first-order chi connectivity index (χ1) is 9.75. The van der Waals surface area contributed by atoms with Crippen molar-refractivity contribution >= 4 is 50.9 Å². The van der Waals surface area contributed by atoms with E-state index in [9.17, 15) is 4.79 Å². The molecule has 20 heavy (non-hydrogen) atoms. The molecule has 0 saturated heterocycles. The summed E-state index contributed by atoms with van der Waals surface area (Å²) in [6.45, 7) is 0.507. The normalized spacial score (nSPS) is 11.6. The maximum absolute atomic E-state index is 12.6. The number of thiophene rings is 2. The fourth-order valence-corrected chi connectivity index (χ4v) is 3.98. The Kier molecular flexibility index (Phi) is 2.62. The quantitative estimate of drug-likeness (QED) is 0.578. The minimum atomic E-state index is -0.0232. The number of fused-ring (bicyclic) bond motifs is 3. The highest BCUT2D eigenvalue weighted by atomic mass is 32.1. The van der Waals surface area contributed by atoms with Crippen LogP contribution in [0.25, 0.3) is 16.0 Å². The molecule has 1 N–H and O–H groups in total. The molecule has 4 rings (SSSR count). The lowest BCUT2D eigenvalue weighted by Crippen LogP contribution is -2.22. The van der Waals surface area contributed by atoms with E-state index in [4.69, 9.17) is 12.2 Å². The van der Waals surface area contributed by atoms with Crippen LogP contribution < -0.4 is 5.56 Å². The summed E-state index contributed by atoms with van der Waals surface area (Å²) in [5.41, 5.74) is 0.793. The van der Waals surface area contributed by atoms with Crippen molar-refractivity contribution in [2.75, 3.05) is 0 Å². The molecule has 4 aromatic heterocycles. The van der Waals surface area contributed by atoms with Crippen LogP contribution >= 0.6 is 34.9 Å². The summed E-state index contributed by atoms with van der Waals surface area (Å²) < 4.78 is 4.68. The minimum absolute atomic E-state index is 0.0232. The maximum atomic E-state index is 12.6. The monoisotopic (exact) mass is 320 g/mol. The zero-order valence-electron chi connectivity index (χ0n) is 10.1. The van der Waals surface area contributed by atoms with Crippen molar-refractivity contribution in [3.05, 3.63) is 49.0 Å². The Labute approximate surface area is 125 Å². The first-order valence-corrected chi connectivity index (χ1v) is 8.02. The van der Waals surface area contributed by atoms with E-state index in [1.807, 2.05) is 33.4 Å². The largest absolute Gasteiger partial charge is 0.273 e. The summed E-state index contributed by atoms with van der Waals surface area (Å²) in [7, 11) is 0. The summed E-state index contributed by atoms with van der Waals surface area (Å²) in [5, 5.41) is 10.9. The topological polar surface area (TPSA) is 55.1 Å². The summed E-state index contributed by atoms with van der Waals surface area (Å²) in [6.07, 6.45) is 0. The Hall–Kier alpha value is -1.77. The molecule has 0 aliphatic rings. The SMILES string of the molecule is O=c1c2sccc2n2c(=S)[nH]nc2n1Cc1cccs1. The Morgan fingerprint density at radius 1 is 1.30 bits per heavy atom. The molecule has 0 aromatic carbocycles. The van der Waals surface area contributed by atoms with Gasteiger partial charge in [0.1, 0.15) is 4.70 Å². The van der Waals surface area contributed by atoms with Crippen molar-refractivity contribution in [3.8, 4) is 0 Å². The van der Waals surface area contributed by atoms with Gasteiger partial charge in [-0.05, 0) is 35.1 Å². The molecule has 0 radical (unpaired) electrons. The third-order valence-corrected chi connectivity index (χ3v) is 5.14. The van der Waals surface area contributed by atoms with Gasteiger partial charge in [0.05, 0.1) is 12.1 Å². The predicted molar refractivity (Wildman–Crippen MR) is 83.4 cm³/mol. The lowest BCUT2D eigenvalue weighted by atomic mass is 10.4. The van der Waals surface area contributed by atoms with Crippen LogP contribution in [-0.2, 0) is 6.54 Å². The molecule has 4 aromatic rings. The Morgan fingerprint density at radius 2 is 2.20 bits per heavy atom. The molecule has 0 unspecified atom stereocenters. The van der Waals surface area contributed by atoms with Crippen LogP contribution in [0.4, 0.5) is 0 Å². The average Bonchev–Trinajstić information content (AvgIpc) is 3.14. The third kappa shape index (κ3) is 1.62. The number of hydrogen-bond donors (Lipinski definition) is 1. The van der Waals surface area contributed by atoms with Crippen LogP contribution in [0.15, 0.2) is 33.8 Å². The van der Waals surface area contributed by atoms with Crippen LogP contribution in [-0.4, -0.2) is 19.2 Å². The Balaban J connectivity index is 2.14. The van der Waals surface area contributed by atoms with Crippen LogP contribution in [0, 0.1) is 4.77 Å². The van der Waals surface area contributed by atoms with Gasteiger partial charge in [0.15, 0.2) is 0 Å². The van der Waals surface area contributed by atoms with E-state index < -0.39 is 0 Å². The van der Waals surface area contributed by atoms with Crippen LogP contribution in [0.5, 0.6) is 0 Å². The van der Waals surface area contributed by atoms with Gasteiger partial charge in [0.25, 0.3) is 5.56 Å². The van der Waals surface area contributed by atoms with Gasteiger partial charge in [-0.2, -0.15) is 0 Å². The molecule has 0 fully saturated rings. The minimum Gasteiger partial charge on any atom is -0.270 e. The number of aromatic amines is 1. The Bertz CT molecular complexity index is 1020. The van der Waals surface area contributed by atoms with Crippen molar-refractivity contribution in [2.24, 2.45) is 0 Å².